The fraction of sp³-hybridized carbons (Fsp3) is 0.571. The molecule has 17 heavy (non-hydrogen) atoms. The van der Waals surface area contributed by atoms with E-state index in [-0.39, 0.29) is 5.41 Å². The van der Waals surface area contributed by atoms with Crippen LogP contribution >= 0.6 is 11.6 Å². The Bertz CT molecular complexity index is 371. The molecular weight excluding hydrogens is 234 g/mol. The van der Waals surface area contributed by atoms with Crippen molar-refractivity contribution in [3.8, 4) is 5.75 Å². The van der Waals surface area contributed by atoms with Gasteiger partial charge in [-0.15, -0.1) is 0 Å². The molecule has 0 spiro atoms. The molecular formula is C14H22ClNO. The molecule has 0 amide bonds. The van der Waals surface area contributed by atoms with Gasteiger partial charge in [0.25, 0.3) is 0 Å². The predicted octanol–water partition coefficient (Wildman–Crippen LogP) is 3.66. The number of nitrogens with one attached hydrogen (secondary N) is 1. The van der Waals surface area contributed by atoms with Crippen LogP contribution in [0, 0.1) is 12.3 Å². The van der Waals surface area contributed by atoms with E-state index in [0.717, 1.165) is 11.3 Å². The summed E-state index contributed by atoms with van der Waals surface area (Å²) in [4.78, 5) is 0. The quantitative estimate of drug-likeness (QED) is 0.887. The molecule has 1 unspecified atom stereocenters. The first-order valence-corrected chi connectivity index (χ1v) is 6.28. The van der Waals surface area contributed by atoms with Gasteiger partial charge in [-0.2, -0.15) is 0 Å². The van der Waals surface area contributed by atoms with Crippen LogP contribution in [-0.4, -0.2) is 19.7 Å². The third-order valence-electron chi connectivity index (χ3n) is 2.95. The summed E-state index contributed by atoms with van der Waals surface area (Å²) >= 11 is 5.96. The van der Waals surface area contributed by atoms with Crippen molar-refractivity contribution in [2.75, 3.05) is 13.7 Å². The summed E-state index contributed by atoms with van der Waals surface area (Å²) in [6.07, 6.45) is 0. The number of hydrogen-bond acceptors (Lipinski definition) is 2. The monoisotopic (exact) mass is 255 g/mol. The van der Waals surface area contributed by atoms with Crippen LogP contribution < -0.4 is 10.1 Å². The Balaban J connectivity index is 2.69. The number of aryl methyl sites for hydroxylation is 1. The molecule has 0 bridgehead atoms. The molecule has 0 aromatic heterocycles. The van der Waals surface area contributed by atoms with Gasteiger partial charge in [-0.05, 0) is 37.1 Å². The first-order valence-electron chi connectivity index (χ1n) is 5.91. The summed E-state index contributed by atoms with van der Waals surface area (Å²) in [5, 5.41) is 4.00. The second kappa shape index (κ2) is 5.74. The summed E-state index contributed by atoms with van der Waals surface area (Å²) < 4.78 is 5.85. The van der Waals surface area contributed by atoms with Crippen LogP contribution in [0.2, 0.25) is 5.02 Å². The summed E-state index contributed by atoms with van der Waals surface area (Å²) in [6.45, 7) is 9.26. The van der Waals surface area contributed by atoms with E-state index >= 15 is 0 Å². The zero-order valence-electron chi connectivity index (χ0n) is 11.3. The third-order valence-corrected chi connectivity index (χ3v) is 3.18. The Morgan fingerprint density at radius 1 is 1.35 bits per heavy atom. The van der Waals surface area contributed by atoms with Crippen molar-refractivity contribution >= 4 is 11.6 Å². The Morgan fingerprint density at radius 3 is 2.53 bits per heavy atom. The van der Waals surface area contributed by atoms with Crippen LogP contribution in [0.4, 0.5) is 0 Å². The molecule has 1 N–H and O–H groups in total. The van der Waals surface area contributed by atoms with E-state index in [1.807, 2.05) is 32.2 Å². The average Bonchev–Trinajstić information content (AvgIpc) is 2.22. The molecule has 0 fully saturated rings. The van der Waals surface area contributed by atoms with Gasteiger partial charge in [-0.25, -0.2) is 0 Å². The molecule has 0 saturated heterocycles. The van der Waals surface area contributed by atoms with Gasteiger partial charge in [0.2, 0.25) is 0 Å². The average molecular weight is 256 g/mol. The lowest BCUT2D eigenvalue weighted by Gasteiger charge is -2.30. The first-order chi connectivity index (χ1) is 7.84. The van der Waals surface area contributed by atoms with Crippen LogP contribution in [0.5, 0.6) is 5.75 Å². The Morgan fingerprint density at radius 2 is 2.00 bits per heavy atom. The second-order valence-corrected chi connectivity index (χ2v) is 5.86. The van der Waals surface area contributed by atoms with Crippen molar-refractivity contribution in [3.05, 3.63) is 28.8 Å². The Kier molecular flexibility index (Phi) is 4.84. The van der Waals surface area contributed by atoms with E-state index in [1.165, 1.54) is 0 Å². The maximum atomic E-state index is 5.96. The summed E-state index contributed by atoms with van der Waals surface area (Å²) in [7, 11) is 1.96. The van der Waals surface area contributed by atoms with Crippen LogP contribution in [0.25, 0.3) is 0 Å². The molecule has 0 aliphatic carbocycles. The largest absolute Gasteiger partial charge is 0.492 e. The fourth-order valence-electron chi connectivity index (χ4n) is 1.67. The maximum Gasteiger partial charge on any atom is 0.123 e. The van der Waals surface area contributed by atoms with Crippen LogP contribution in [0.15, 0.2) is 18.2 Å². The molecule has 1 aromatic carbocycles. The van der Waals surface area contributed by atoms with E-state index in [1.54, 1.807) is 0 Å². The molecule has 96 valence electrons. The zero-order valence-corrected chi connectivity index (χ0v) is 12.1. The third kappa shape index (κ3) is 4.21. The molecule has 2 nitrogen and oxygen atoms in total. The second-order valence-electron chi connectivity index (χ2n) is 5.43. The Labute approximate surface area is 109 Å². The van der Waals surface area contributed by atoms with E-state index < -0.39 is 0 Å². The van der Waals surface area contributed by atoms with Gasteiger partial charge >= 0.3 is 0 Å². The lowest BCUT2D eigenvalue weighted by molar-refractivity contribution is 0.181. The van der Waals surface area contributed by atoms with Crippen molar-refractivity contribution < 1.29 is 4.74 Å². The molecule has 3 heteroatoms. The molecule has 1 atom stereocenters. The van der Waals surface area contributed by atoms with Gasteiger partial charge in [0, 0.05) is 11.1 Å². The minimum Gasteiger partial charge on any atom is -0.492 e. The molecule has 1 aromatic rings. The normalized spacial score (nSPS) is 13.5. The maximum absolute atomic E-state index is 5.96. The minimum absolute atomic E-state index is 0.168. The first kappa shape index (κ1) is 14.3. The van der Waals surface area contributed by atoms with E-state index in [4.69, 9.17) is 16.3 Å². The molecule has 0 aliphatic rings. The van der Waals surface area contributed by atoms with Crippen LogP contribution in [0.1, 0.15) is 26.3 Å². The molecule has 0 radical (unpaired) electrons. The van der Waals surface area contributed by atoms with E-state index in [2.05, 4.69) is 26.1 Å². The van der Waals surface area contributed by atoms with Gasteiger partial charge in [0.05, 0.1) is 0 Å². The number of likely N-dealkylation sites (N-methyl/N-ethyl adjacent to an activating group) is 1. The van der Waals surface area contributed by atoms with Crippen molar-refractivity contribution in [3.63, 3.8) is 0 Å². The summed E-state index contributed by atoms with van der Waals surface area (Å²) in [5.41, 5.74) is 1.28. The number of benzene rings is 1. The van der Waals surface area contributed by atoms with Gasteiger partial charge in [0.15, 0.2) is 0 Å². The standard InChI is InChI=1S/C14H22ClNO/c1-10-6-7-11(15)8-12(10)17-9-13(16-5)14(2,3)4/h6-8,13,16H,9H2,1-5H3. The van der Waals surface area contributed by atoms with E-state index in [0.29, 0.717) is 17.7 Å². The number of hydrogen-bond donors (Lipinski definition) is 1. The molecule has 1 rings (SSSR count). The lowest BCUT2D eigenvalue weighted by Crippen LogP contribution is -2.42. The van der Waals surface area contributed by atoms with Gasteiger partial charge < -0.3 is 10.1 Å². The molecule has 0 heterocycles. The topological polar surface area (TPSA) is 21.3 Å². The van der Waals surface area contributed by atoms with Crippen molar-refractivity contribution in [2.24, 2.45) is 5.41 Å². The highest BCUT2D eigenvalue weighted by Crippen LogP contribution is 2.25. The van der Waals surface area contributed by atoms with Crippen molar-refractivity contribution in [1.29, 1.82) is 0 Å². The molecule has 0 aliphatic heterocycles. The van der Waals surface area contributed by atoms with Crippen LogP contribution in [0.3, 0.4) is 0 Å². The zero-order chi connectivity index (χ0) is 13.1. The van der Waals surface area contributed by atoms with Crippen LogP contribution in [-0.2, 0) is 0 Å². The van der Waals surface area contributed by atoms with Crippen molar-refractivity contribution in [1.82, 2.24) is 5.32 Å². The lowest BCUT2D eigenvalue weighted by atomic mass is 9.87. The highest BCUT2D eigenvalue weighted by molar-refractivity contribution is 6.30. The smallest absolute Gasteiger partial charge is 0.123 e. The van der Waals surface area contributed by atoms with Crippen molar-refractivity contribution in [2.45, 2.75) is 33.7 Å². The number of halogens is 1. The SMILES string of the molecule is CNC(COc1cc(Cl)ccc1C)C(C)(C)C. The number of ether oxygens (including phenoxy) is 1. The minimum atomic E-state index is 0.168. The molecule has 0 saturated carbocycles. The fourth-order valence-corrected chi connectivity index (χ4v) is 1.83. The van der Waals surface area contributed by atoms with E-state index in [9.17, 15) is 0 Å². The highest BCUT2D eigenvalue weighted by Gasteiger charge is 2.23. The Hall–Kier alpha value is -0.730. The predicted molar refractivity (Wildman–Crippen MR) is 74.0 cm³/mol. The summed E-state index contributed by atoms with van der Waals surface area (Å²) in [5.74, 6) is 0.863. The number of rotatable bonds is 4. The van der Waals surface area contributed by atoms with Gasteiger partial charge in [-0.3, -0.25) is 0 Å². The summed E-state index contributed by atoms with van der Waals surface area (Å²) in [6, 6.07) is 6.03. The van der Waals surface area contributed by atoms with Gasteiger partial charge in [-0.1, -0.05) is 38.4 Å². The highest BCUT2D eigenvalue weighted by atomic mass is 35.5. The van der Waals surface area contributed by atoms with Gasteiger partial charge in [0.1, 0.15) is 12.4 Å².